The summed E-state index contributed by atoms with van der Waals surface area (Å²) in [6.07, 6.45) is 4.36. The fourth-order valence-electron chi connectivity index (χ4n) is 2.13. The van der Waals surface area contributed by atoms with Gasteiger partial charge in [0.1, 0.15) is 0 Å². The average Bonchev–Trinajstić information content (AvgIpc) is 2.80. The lowest BCUT2D eigenvalue weighted by Crippen LogP contribution is -2.42. The molecule has 8 heteroatoms. The molecule has 1 atom stereocenters. The highest BCUT2D eigenvalue weighted by Gasteiger charge is 2.26. The highest BCUT2D eigenvalue weighted by Crippen LogP contribution is 2.13. The van der Waals surface area contributed by atoms with Crippen LogP contribution in [0.25, 0.3) is 5.78 Å². The molecular formula is C11H12BrN5O2. The van der Waals surface area contributed by atoms with Crippen molar-refractivity contribution in [3.8, 4) is 0 Å². The Morgan fingerprint density at radius 2 is 2.37 bits per heavy atom. The summed E-state index contributed by atoms with van der Waals surface area (Å²) in [6, 6.07) is 0. The van der Waals surface area contributed by atoms with Crippen molar-refractivity contribution in [2.24, 2.45) is 0 Å². The lowest BCUT2D eigenvalue weighted by Gasteiger charge is -2.29. The number of rotatable bonds is 1. The molecule has 1 amide bonds. The van der Waals surface area contributed by atoms with Crippen LogP contribution in [0.1, 0.15) is 23.5 Å². The molecule has 1 fully saturated rings. The van der Waals surface area contributed by atoms with Crippen LogP contribution in [0.2, 0.25) is 0 Å². The first-order chi connectivity index (χ1) is 9.13. The molecule has 1 aliphatic heterocycles. The van der Waals surface area contributed by atoms with Crippen molar-refractivity contribution < 1.29 is 9.90 Å². The van der Waals surface area contributed by atoms with Crippen LogP contribution in [0.4, 0.5) is 0 Å². The number of aliphatic hydroxyl groups excluding tert-OH is 1. The molecule has 1 saturated heterocycles. The Labute approximate surface area is 117 Å². The van der Waals surface area contributed by atoms with E-state index in [4.69, 9.17) is 0 Å². The largest absolute Gasteiger partial charge is 0.391 e. The summed E-state index contributed by atoms with van der Waals surface area (Å²) in [6.45, 7) is 0.966. The van der Waals surface area contributed by atoms with Gasteiger partial charge in [-0.15, -0.1) is 5.10 Å². The molecule has 7 nitrogen and oxygen atoms in total. The highest BCUT2D eigenvalue weighted by atomic mass is 79.9. The lowest BCUT2D eigenvalue weighted by molar-refractivity contribution is 0.0464. The van der Waals surface area contributed by atoms with Gasteiger partial charge in [0.15, 0.2) is 0 Å². The smallest absolute Gasteiger partial charge is 0.293 e. The maximum atomic E-state index is 12.2. The maximum Gasteiger partial charge on any atom is 0.293 e. The molecule has 100 valence electrons. The Morgan fingerprint density at radius 1 is 1.53 bits per heavy atom. The van der Waals surface area contributed by atoms with Crippen molar-refractivity contribution >= 4 is 27.6 Å². The first-order valence-corrected chi connectivity index (χ1v) is 6.78. The molecule has 2 aromatic rings. The standard InChI is InChI=1S/C11H12BrN5O2/c12-7-4-13-11-14-9(15-17(11)5-7)10(19)16-3-1-2-8(18)6-16/h4-5,8,18H,1-3,6H2. The van der Waals surface area contributed by atoms with Gasteiger partial charge < -0.3 is 10.0 Å². The van der Waals surface area contributed by atoms with Crippen molar-refractivity contribution in [1.29, 1.82) is 0 Å². The van der Waals surface area contributed by atoms with Crippen molar-refractivity contribution in [2.45, 2.75) is 18.9 Å². The molecular weight excluding hydrogens is 314 g/mol. The number of β-amino-alcohol motifs (C(OH)–C–C–N with tert-alkyl or cyclic N) is 1. The number of hydrogen-bond acceptors (Lipinski definition) is 5. The zero-order chi connectivity index (χ0) is 13.4. The molecule has 3 heterocycles. The fourth-order valence-corrected chi connectivity index (χ4v) is 2.43. The minimum absolute atomic E-state index is 0.111. The molecule has 0 bridgehead atoms. The van der Waals surface area contributed by atoms with Crippen LogP contribution in [-0.4, -0.2) is 54.7 Å². The molecule has 1 aliphatic rings. The van der Waals surface area contributed by atoms with Gasteiger partial charge >= 0.3 is 0 Å². The number of hydrogen-bond donors (Lipinski definition) is 1. The van der Waals surface area contributed by atoms with Gasteiger partial charge in [0.05, 0.1) is 10.6 Å². The number of likely N-dealkylation sites (tertiary alicyclic amines) is 1. The number of aromatic nitrogens is 4. The normalized spacial score (nSPS) is 19.9. The van der Waals surface area contributed by atoms with Gasteiger partial charge in [0, 0.05) is 25.5 Å². The van der Waals surface area contributed by atoms with Crippen molar-refractivity contribution in [3.05, 3.63) is 22.7 Å². The summed E-state index contributed by atoms with van der Waals surface area (Å²) in [5.41, 5.74) is 0. The summed E-state index contributed by atoms with van der Waals surface area (Å²) < 4.78 is 2.22. The van der Waals surface area contributed by atoms with Gasteiger partial charge in [-0.3, -0.25) is 4.79 Å². The van der Waals surface area contributed by atoms with Gasteiger partial charge in [0.2, 0.25) is 5.82 Å². The van der Waals surface area contributed by atoms with Crippen LogP contribution in [0.15, 0.2) is 16.9 Å². The van der Waals surface area contributed by atoms with E-state index in [-0.39, 0.29) is 11.7 Å². The van der Waals surface area contributed by atoms with E-state index >= 15 is 0 Å². The zero-order valence-corrected chi connectivity index (χ0v) is 11.6. The van der Waals surface area contributed by atoms with Gasteiger partial charge in [-0.25, -0.2) is 9.50 Å². The Morgan fingerprint density at radius 3 is 3.16 bits per heavy atom. The number of aliphatic hydroxyl groups is 1. The summed E-state index contributed by atoms with van der Waals surface area (Å²) >= 11 is 3.28. The maximum absolute atomic E-state index is 12.2. The van der Waals surface area contributed by atoms with Gasteiger partial charge in [0.25, 0.3) is 11.7 Å². The Kier molecular flexibility index (Phi) is 3.19. The van der Waals surface area contributed by atoms with Crippen LogP contribution in [-0.2, 0) is 0 Å². The molecule has 0 spiro atoms. The van der Waals surface area contributed by atoms with Gasteiger partial charge in [-0.05, 0) is 28.8 Å². The topological polar surface area (TPSA) is 83.6 Å². The minimum Gasteiger partial charge on any atom is -0.391 e. The third-order valence-corrected chi connectivity index (χ3v) is 3.45. The number of halogens is 1. The first-order valence-electron chi connectivity index (χ1n) is 5.99. The van der Waals surface area contributed by atoms with Crippen LogP contribution in [0, 0.1) is 0 Å². The van der Waals surface area contributed by atoms with Crippen molar-refractivity contribution in [1.82, 2.24) is 24.5 Å². The number of fused-ring (bicyclic) bond motifs is 1. The van der Waals surface area contributed by atoms with Gasteiger partial charge in [-0.2, -0.15) is 4.98 Å². The molecule has 3 rings (SSSR count). The number of carbonyl (C=O) groups is 1. The summed E-state index contributed by atoms with van der Waals surface area (Å²) in [7, 11) is 0. The third kappa shape index (κ3) is 2.45. The van der Waals surface area contributed by atoms with Crippen LogP contribution in [0.5, 0.6) is 0 Å². The number of piperidine rings is 1. The molecule has 0 aliphatic carbocycles. The lowest BCUT2D eigenvalue weighted by atomic mass is 10.1. The first kappa shape index (κ1) is 12.5. The second-order valence-electron chi connectivity index (χ2n) is 4.50. The molecule has 19 heavy (non-hydrogen) atoms. The fraction of sp³-hybridized carbons (Fsp3) is 0.455. The van der Waals surface area contributed by atoms with E-state index in [9.17, 15) is 9.90 Å². The van der Waals surface area contributed by atoms with Crippen molar-refractivity contribution in [2.75, 3.05) is 13.1 Å². The molecule has 0 radical (unpaired) electrons. The summed E-state index contributed by atoms with van der Waals surface area (Å²) in [5, 5.41) is 13.7. The second kappa shape index (κ2) is 4.86. The van der Waals surface area contributed by atoms with E-state index in [0.717, 1.165) is 17.3 Å². The third-order valence-electron chi connectivity index (χ3n) is 3.04. The molecule has 1 unspecified atom stereocenters. The van der Waals surface area contributed by atoms with E-state index in [0.29, 0.717) is 18.9 Å². The van der Waals surface area contributed by atoms with Crippen LogP contribution >= 0.6 is 15.9 Å². The van der Waals surface area contributed by atoms with E-state index in [1.807, 2.05) is 0 Å². The molecule has 0 aromatic carbocycles. The monoisotopic (exact) mass is 325 g/mol. The van der Waals surface area contributed by atoms with Gasteiger partial charge in [-0.1, -0.05) is 0 Å². The minimum atomic E-state index is -0.456. The molecule has 1 N–H and O–H groups in total. The molecule has 0 saturated carbocycles. The highest BCUT2D eigenvalue weighted by molar-refractivity contribution is 9.10. The summed E-state index contributed by atoms with van der Waals surface area (Å²) in [4.78, 5) is 22.0. The summed E-state index contributed by atoms with van der Waals surface area (Å²) in [5.74, 6) is 0.226. The number of nitrogens with zero attached hydrogens (tertiary/aromatic N) is 5. The predicted molar refractivity (Wildman–Crippen MR) is 69.6 cm³/mol. The Balaban J connectivity index is 1.88. The Bertz CT molecular complexity index is 629. The van der Waals surface area contributed by atoms with E-state index in [1.165, 1.54) is 4.52 Å². The Hall–Kier alpha value is -1.54. The van der Waals surface area contributed by atoms with Crippen LogP contribution in [0.3, 0.4) is 0 Å². The van der Waals surface area contributed by atoms with E-state index in [2.05, 4.69) is 31.0 Å². The number of carbonyl (C=O) groups excluding carboxylic acids is 1. The van der Waals surface area contributed by atoms with E-state index < -0.39 is 6.10 Å². The van der Waals surface area contributed by atoms with Crippen molar-refractivity contribution in [3.63, 3.8) is 0 Å². The quantitative estimate of drug-likeness (QED) is 0.824. The SMILES string of the molecule is O=C(c1nc2ncc(Br)cn2n1)N1CCCC(O)C1. The molecule has 2 aromatic heterocycles. The predicted octanol–water partition coefficient (Wildman–Crippen LogP) is 0.484. The number of amides is 1. The van der Waals surface area contributed by atoms with E-state index in [1.54, 1.807) is 17.3 Å². The zero-order valence-electron chi connectivity index (χ0n) is 10.0. The average molecular weight is 326 g/mol. The van der Waals surface area contributed by atoms with Crippen LogP contribution < -0.4 is 0 Å². The second-order valence-corrected chi connectivity index (χ2v) is 5.42.